The molecule has 0 atom stereocenters. The quantitative estimate of drug-likeness (QED) is 0.571. The van der Waals surface area contributed by atoms with Gasteiger partial charge in [-0.1, -0.05) is 6.07 Å². The summed E-state index contributed by atoms with van der Waals surface area (Å²) in [5, 5.41) is 27.8. The highest BCUT2D eigenvalue weighted by Gasteiger charge is 1.98. The summed E-state index contributed by atoms with van der Waals surface area (Å²) in [5.41, 5.74) is 0.468. The summed E-state index contributed by atoms with van der Waals surface area (Å²) in [6, 6.07) is 4.02. The molecule has 53 valence electrons. The van der Waals surface area contributed by atoms with Crippen LogP contribution in [0.1, 0.15) is 5.56 Å². The van der Waals surface area contributed by atoms with Crippen LogP contribution in [0.4, 0.5) is 0 Å². The van der Waals surface area contributed by atoms with Crippen molar-refractivity contribution in [3.05, 3.63) is 23.8 Å². The van der Waals surface area contributed by atoms with Gasteiger partial charge in [0.2, 0.25) is 0 Å². The molecule has 0 aliphatic carbocycles. The third kappa shape index (κ3) is 1.19. The van der Waals surface area contributed by atoms with Crippen molar-refractivity contribution < 1.29 is 15.3 Å². The molecule has 0 saturated carbocycles. The molecule has 0 spiro atoms. The summed E-state index contributed by atoms with van der Waals surface area (Å²) in [6.07, 6.45) is 0. The molecule has 0 bridgehead atoms. The van der Waals surface area contributed by atoms with Crippen LogP contribution in [-0.2, 0) is 11.7 Å². The number of benzene rings is 1. The van der Waals surface area contributed by atoms with Crippen LogP contribution in [-0.4, -0.2) is 10.2 Å². The molecule has 1 aromatic rings. The van der Waals surface area contributed by atoms with E-state index in [1.54, 1.807) is 0 Å². The van der Waals surface area contributed by atoms with Gasteiger partial charge in [0.1, 0.15) is 6.61 Å². The van der Waals surface area contributed by atoms with Crippen molar-refractivity contribution in [3.63, 3.8) is 0 Å². The van der Waals surface area contributed by atoms with Gasteiger partial charge in [0.15, 0.2) is 11.5 Å². The zero-order valence-electron chi connectivity index (χ0n) is 5.24. The first-order valence-electron chi connectivity index (χ1n) is 2.83. The van der Waals surface area contributed by atoms with E-state index in [0.717, 1.165) is 0 Å². The first-order chi connectivity index (χ1) is 4.74. The minimum Gasteiger partial charge on any atom is -0.504 e. The summed E-state index contributed by atoms with van der Waals surface area (Å²) in [7, 11) is 0. The highest BCUT2D eigenvalue weighted by molar-refractivity contribution is 5.40. The number of phenols is 2. The maximum atomic E-state index is 10.2. The molecule has 0 heterocycles. The molecule has 3 heteroatoms. The summed E-state index contributed by atoms with van der Waals surface area (Å²) >= 11 is 0. The maximum absolute atomic E-state index is 10.2. The zero-order valence-corrected chi connectivity index (χ0v) is 5.24. The molecule has 2 N–H and O–H groups in total. The van der Waals surface area contributed by atoms with Crippen molar-refractivity contribution in [2.45, 2.75) is 6.61 Å². The van der Waals surface area contributed by atoms with Crippen LogP contribution >= 0.6 is 0 Å². The molecule has 10 heavy (non-hydrogen) atoms. The molecule has 1 rings (SSSR count). The van der Waals surface area contributed by atoms with E-state index in [0.29, 0.717) is 5.56 Å². The molecule has 0 saturated heterocycles. The molecular formula is C7H7O3. The number of hydrogen-bond donors (Lipinski definition) is 2. The minimum absolute atomic E-state index is 0.197. The maximum Gasteiger partial charge on any atom is 0.157 e. The second-order valence-electron chi connectivity index (χ2n) is 1.97. The Hall–Kier alpha value is -1.22. The molecular weight excluding hydrogens is 132 g/mol. The predicted octanol–water partition coefficient (Wildman–Crippen LogP) is 1.03. The van der Waals surface area contributed by atoms with Crippen LogP contribution in [0.25, 0.3) is 0 Å². The highest BCUT2D eigenvalue weighted by Crippen LogP contribution is 2.24. The molecule has 0 aromatic heterocycles. The van der Waals surface area contributed by atoms with Crippen LogP contribution in [0.15, 0.2) is 18.2 Å². The van der Waals surface area contributed by atoms with E-state index >= 15 is 0 Å². The standard InChI is InChI=1S/C7H7O3/c8-4-5-1-2-6(9)7(10)3-5/h1-3,9-10H,4H2. The average Bonchev–Trinajstić information content (AvgIpc) is 1.95. The lowest BCUT2D eigenvalue weighted by Gasteiger charge is -1.97. The van der Waals surface area contributed by atoms with Crippen LogP contribution in [0.5, 0.6) is 11.5 Å². The third-order valence-corrected chi connectivity index (χ3v) is 1.21. The van der Waals surface area contributed by atoms with E-state index in [1.165, 1.54) is 18.2 Å². The fourth-order valence-electron chi connectivity index (χ4n) is 0.659. The minimum atomic E-state index is -0.381. The molecule has 1 aromatic carbocycles. The molecule has 0 amide bonds. The van der Waals surface area contributed by atoms with E-state index in [4.69, 9.17) is 10.2 Å². The molecule has 0 unspecified atom stereocenters. The van der Waals surface area contributed by atoms with E-state index in [9.17, 15) is 5.11 Å². The van der Waals surface area contributed by atoms with Gasteiger partial charge in [0.25, 0.3) is 0 Å². The fourth-order valence-corrected chi connectivity index (χ4v) is 0.659. The van der Waals surface area contributed by atoms with E-state index < -0.39 is 0 Å². The van der Waals surface area contributed by atoms with Crippen molar-refractivity contribution in [1.82, 2.24) is 0 Å². The van der Waals surface area contributed by atoms with Crippen molar-refractivity contribution in [3.8, 4) is 11.5 Å². The van der Waals surface area contributed by atoms with Crippen LogP contribution < -0.4 is 0 Å². The van der Waals surface area contributed by atoms with Gasteiger partial charge in [-0.25, -0.2) is 5.11 Å². The third-order valence-electron chi connectivity index (χ3n) is 1.21. The summed E-state index contributed by atoms with van der Waals surface area (Å²) in [6.45, 7) is -0.381. The largest absolute Gasteiger partial charge is 0.504 e. The van der Waals surface area contributed by atoms with Gasteiger partial charge in [0, 0.05) is 0 Å². The Bertz CT molecular complexity index is 232. The second-order valence-corrected chi connectivity index (χ2v) is 1.97. The lowest BCUT2D eigenvalue weighted by atomic mass is 10.2. The highest BCUT2D eigenvalue weighted by atomic mass is 16.3. The second kappa shape index (κ2) is 2.58. The molecule has 3 nitrogen and oxygen atoms in total. The van der Waals surface area contributed by atoms with E-state index in [1.807, 2.05) is 0 Å². The zero-order chi connectivity index (χ0) is 7.56. The van der Waals surface area contributed by atoms with Crippen molar-refractivity contribution >= 4 is 0 Å². The Morgan fingerprint density at radius 3 is 2.40 bits per heavy atom. The number of rotatable bonds is 1. The van der Waals surface area contributed by atoms with Gasteiger partial charge in [0.05, 0.1) is 0 Å². The molecule has 0 aliphatic rings. The number of phenolic OH excluding ortho intramolecular Hbond substituents is 2. The predicted molar refractivity (Wildman–Crippen MR) is 34.2 cm³/mol. The van der Waals surface area contributed by atoms with Crippen molar-refractivity contribution in [2.24, 2.45) is 0 Å². The Kier molecular flexibility index (Phi) is 1.78. The SMILES string of the molecule is [O]Cc1ccc(O)c(O)c1. The molecule has 1 radical (unpaired) electrons. The van der Waals surface area contributed by atoms with Gasteiger partial charge < -0.3 is 10.2 Å². The van der Waals surface area contributed by atoms with Crippen LogP contribution in [0.2, 0.25) is 0 Å². The van der Waals surface area contributed by atoms with E-state index in [-0.39, 0.29) is 18.1 Å². The summed E-state index contributed by atoms with van der Waals surface area (Å²) < 4.78 is 0. The summed E-state index contributed by atoms with van der Waals surface area (Å²) in [4.78, 5) is 0. The van der Waals surface area contributed by atoms with Gasteiger partial charge in [-0.05, 0) is 17.7 Å². The first-order valence-corrected chi connectivity index (χ1v) is 2.83. The normalized spacial score (nSPS) is 9.70. The van der Waals surface area contributed by atoms with Gasteiger partial charge in [-0.15, -0.1) is 0 Å². The number of aromatic hydroxyl groups is 2. The van der Waals surface area contributed by atoms with Crippen molar-refractivity contribution in [2.75, 3.05) is 0 Å². The van der Waals surface area contributed by atoms with Gasteiger partial charge in [-0.3, -0.25) is 0 Å². The van der Waals surface area contributed by atoms with Gasteiger partial charge >= 0.3 is 0 Å². The Labute approximate surface area is 58.2 Å². The summed E-state index contributed by atoms with van der Waals surface area (Å²) in [5.74, 6) is -0.439. The van der Waals surface area contributed by atoms with E-state index in [2.05, 4.69) is 0 Å². The first kappa shape index (κ1) is 6.89. The monoisotopic (exact) mass is 139 g/mol. The average molecular weight is 139 g/mol. The van der Waals surface area contributed by atoms with Crippen LogP contribution in [0, 0.1) is 0 Å². The number of hydrogen-bond acceptors (Lipinski definition) is 2. The molecule has 0 fully saturated rings. The van der Waals surface area contributed by atoms with Gasteiger partial charge in [-0.2, -0.15) is 0 Å². The Morgan fingerprint density at radius 2 is 1.90 bits per heavy atom. The Balaban J connectivity index is 3.04. The van der Waals surface area contributed by atoms with Crippen LogP contribution in [0.3, 0.4) is 0 Å². The topological polar surface area (TPSA) is 60.4 Å². The Morgan fingerprint density at radius 1 is 1.20 bits per heavy atom. The molecule has 0 aliphatic heterocycles. The van der Waals surface area contributed by atoms with Crippen molar-refractivity contribution in [1.29, 1.82) is 0 Å². The lowest BCUT2D eigenvalue weighted by Crippen LogP contribution is -1.79. The smallest absolute Gasteiger partial charge is 0.157 e. The lowest BCUT2D eigenvalue weighted by molar-refractivity contribution is 0.177. The fraction of sp³-hybridized carbons (Fsp3) is 0.143.